The topological polar surface area (TPSA) is 75.7 Å². The number of sulfonamides is 1. The second-order valence-corrected chi connectivity index (χ2v) is 11.1. The minimum absolute atomic E-state index is 0.0122. The van der Waals surface area contributed by atoms with E-state index in [9.17, 15) is 30.8 Å². The molecule has 0 atom stereocenters. The molecule has 1 heterocycles. The number of carbonyl (C=O) groups excluding carboxylic acids is 1. The van der Waals surface area contributed by atoms with Crippen LogP contribution in [0, 0.1) is 28.7 Å². The van der Waals surface area contributed by atoms with Crippen LogP contribution in [0.4, 0.5) is 17.6 Å². The summed E-state index contributed by atoms with van der Waals surface area (Å²) in [7, 11) is -3.74. The molecule has 192 valence electrons. The molecular weight excluding hydrogens is 488 g/mol. The maximum Gasteiger partial charge on any atom is 0.243 e. The first-order valence-corrected chi connectivity index (χ1v) is 12.7. The van der Waals surface area contributed by atoms with Gasteiger partial charge < -0.3 is 10.1 Å². The number of ether oxygens (including phenoxy) is 1. The van der Waals surface area contributed by atoms with E-state index in [1.54, 1.807) is 13.8 Å². The van der Waals surface area contributed by atoms with Crippen molar-refractivity contribution in [2.45, 2.75) is 50.5 Å². The maximum atomic E-state index is 13.7. The third kappa shape index (κ3) is 6.52. The average molecular weight is 517 g/mol. The summed E-state index contributed by atoms with van der Waals surface area (Å²) in [6.07, 6.45) is 1.62. The van der Waals surface area contributed by atoms with Gasteiger partial charge in [0.15, 0.2) is 17.4 Å². The van der Waals surface area contributed by atoms with Crippen LogP contribution in [0.2, 0.25) is 0 Å². The largest absolute Gasteiger partial charge is 0.490 e. The number of nitrogens with one attached hydrogen (secondary N) is 1. The van der Waals surface area contributed by atoms with E-state index in [2.05, 4.69) is 5.32 Å². The number of amides is 1. The van der Waals surface area contributed by atoms with Gasteiger partial charge in [0.1, 0.15) is 5.82 Å². The monoisotopic (exact) mass is 516 g/mol. The van der Waals surface area contributed by atoms with Crippen molar-refractivity contribution in [1.29, 1.82) is 0 Å². The van der Waals surface area contributed by atoms with E-state index in [1.807, 2.05) is 0 Å². The number of carbonyl (C=O) groups is 1. The number of halogens is 4. The fourth-order valence-corrected chi connectivity index (χ4v) is 5.28. The number of hydrogen-bond donors (Lipinski definition) is 1. The molecule has 6 nitrogen and oxygen atoms in total. The molecule has 0 saturated carbocycles. The van der Waals surface area contributed by atoms with Crippen LogP contribution < -0.4 is 10.1 Å². The van der Waals surface area contributed by atoms with Crippen molar-refractivity contribution >= 4 is 15.9 Å². The highest BCUT2D eigenvalue weighted by atomic mass is 32.2. The summed E-state index contributed by atoms with van der Waals surface area (Å²) in [6, 6.07) is 6.24. The maximum absolute atomic E-state index is 13.7. The van der Waals surface area contributed by atoms with Gasteiger partial charge in [-0.15, -0.1) is 0 Å². The lowest BCUT2D eigenvalue weighted by atomic mass is 9.86. The fourth-order valence-electron chi connectivity index (χ4n) is 3.81. The van der Waals surface area contributed by atoms with E-state index in [4.69, 9.17) is 4.74 Å². The van der Waals surface area contributed by atoms with Crippen molar-refractivity contribution in [3.05, 3.63) is 59.7 Å². The highest BCUT2D eigenvalue weighted by Crippen LogP contribution is 2.27. The van der Waals surface area contributed by atoms with Gasteiger partial charge in [-0.2, -0.15) is 8.70 Å². The zero-order chi connectivity index (χ0) is 25.8. The Morgan fingerprint density at radius 2 is 1.66 bits per heavy atom. The van der Waals surface area contributed by atoms with Crippen molar-refractivity contribution in [2.75, 3.05) is 19.7 Å². The minimum Gasteiger partial charge on any atom is -0.490 e. The van der Waals surface area contributed by atoms with E-state index in [0.717, 1.165) is 24.3 Å². The van der Waals surface area contributed by atoms with E-state index in [0.29, 0.717) is 25.7 Å². The zero-order valence-corrected chi connectivity index (χ0v) is 20.3. The van der Waals surface area contributed by atoms with Gasteiger partial charge in [-0.25, -0.2) is 21.6 Å². The third-order valence-corrected chi connectivity index (χ3v) is 7.97. The number of rotatable bonds is 9. The second kappa shape index (κ2) is 10.9. The normalized spacial score (nSPS) is 15.7. The minimum atomic E-state index is -3.74. The highest BCUT2D eigenvalue weighted by molar-refractivity contribution is 7.89. The van der Waals surface area contributed by atoms with Gasteiger partial charge in [-0.05, 0) is 62.1 Å². The second-order valence-electron chi connectivity index (χ2n) is 9.12. The van der Waals surface area contributed by atoms with Crippen LogP contribution in [0.3, 0.4) is 0 Å². The first-order valence-electron chi connectivity index (χ1n) is 11.2. The highest BCUT2D eigenvalue weighted by Gasteiger charge is 2.33. The molecule has 1 amide bonds. The van der Waals surface area contributed by atoms with Crippen LogP contribution >= 0.6 is 0 Å². The number of nitrogens with zero attached hydrogens (tertiary/aromatic N) is 1. The summed E-state index contributed by atoms with van der Waals surface area (Å²) < 4.78 is 85.0. The molecule has 2 aromatic rings. The van der Waals surface area contributed by atoms with Gasteiger partial charge in [-0.3, -0.25) is 4.79 Å². The smallest absolute Gasteiger partial charge is 0.243 e. The molecule has 1 saturated heterocycles. The molecule has 1 N–H and O–H groups in total. The van der Waals surface area contributed by atoms with Crippen molar-refractivity contribution in [3.63, 3.8) is 0 Å². The van der Waals surface area contributed by atoms with Crippen LogP contribution in [0.1, 0.15) is 39.5 Å². The summed E-state index contributed by atoms with van der Waals surface area (Å²) in [6.45, 7) is 3.94. The number of benzene rings is 2. The Morgan fingerprint density at radius 1 is 1.03 bits per heavy atom. The summed E-state index contributed by atoms with van der Waals surface area (Å²) in [5, 5.41) is 2.96. The standard InChI is InChI=1S/C24H28F4N2O4S/c1-24(2,12-3-15-34-20-9-8-19(26)21(27)22(20)28)23(31)29-17-10-13-30(14-11-17)35(32,33)18-6-4-16(25)5-7-18/h4-9,17H,3,10-15H2,1-2H3,(H,29,31). The predicted octanol–water partition coefficient (Wildman–Crippen LogP) is 4.40. The van der Waals surface area contributed by atoms with E-state index in [-0.39, 0.29) is 36.5 Å². The first kappa shape index (κ1) is 26.9. The lowest BCUT2D eigenvalue weighted by Gasteiger charge is -2.33. The van der Waals surface area contributed by atoms with E-state index in [1.165, 1.54) is 16.4 Å². The van der Waals surface area contributed by atoms with Crippen LogP contribution in [-0.2, 0) is 14.8 Å². The van der Waals surface area contributed by atoms with E-state index < -0.39 is 44.5 Å². The van der Waals surface area contributed by atoms with Gasteiger partial charge in [0.2, 0.25) is 21.7 Å². The molecule has 1 aliphatic heterocycles. The molecule has 3 rings (SSSR count). The molecule has 0 radical (unpaired) electrons. The summed E-state index contributed by atoms with van der Waals surface area (Å²) in [4.78, 5) is 12.8. The predicted molar refractivity (Wildman–Crippen MR) is 121 cm³/mol. The molecular formula is C24H28F4N2O4S. The third-order valence-electron chi connectivity index (χ3n) is 6.06. The molecule has 2 aromatic carbocycles. The lowest BCUT2D eigenvalue weighted by molar-refractivity contribution is -0.130. The van der Waals surface area contributed by atoms with Gasteiger partial charge >= 0.3 is 0 Å². The Labute approximate surface area is 202 Å². The molecule has 11 heteroatoms. The molecule has 1 fully saturated rings. The van der Waals surface area contributed by atoms with Gasteiger partial charge in [0.05, 0.1) is 11.5 Å². The van der Waals surface area contributed by atoms with Crippen LogP contribution in [-0.4, -0.2) is 44.4 Å². The Hall–Kier alpha value is -2.66. The number of piperidine rings is 1. The SMILES string of the molecule is CC(C)(CCCOc1ccc(F)c(F)c1F)C(=O)NC1CCN(S(=O)(=O)c2ccc(F)cc2)CC1. The van der Waals surface area contributed by atoms with Gasteiger partial charge in [0, 0.05) is 24.5 Å². The van der Waals surface area contributed by atoms with Gasteiger partial charge in [-0.1, -0.05) is 13.8 Å². The first-order chi connectivity index (χ1) is 16.4. The Bertz CT molecular complexity index is 1150. The average Bonchev–Trinajstić information content (AvgIpc) is 2.82. The molecule has 0 aliphatic carbocycles. The van der Waals surface area contributed by atoms with Gasteiger partial charge in [0.25, 0.3) is 0 Å². The quantitative estimate of drug-likeness (QED) is 0.305. The van der Waals surface area contributed by atoms with Crippen LogP contribution in [0.15, 0.2) is 41.3 Å². The molecule has 0 bridgehead atoms. The fraction of sp³-hybridized carbons (Fsp3) is 0.458. The Morgan fingerprint density at radius 3 is 2.29 bits per heavy atom. The van der Waals surface area contributed by atoms with Crippen molar-refractivity contribution in [3.8, 4) is 5.75 Å². The molecule has 1 aliphatic rings. The summed E-state index contributed by atoms with van der Waals surface area (Å²) in [5.41, 5.74) is -0.784. The molecule has 0 unspecified atom stereocenters. The number of hydrogen-bond acceptors (Lipinski definition) is 4. The van der Waals surface area contributed by atoms with Crippen molar-refractivity contribution < 1.29 is 35.5 Å². The Kier molecular flexibility index (Phi) is 8.42. The summed E-state index contributed by atoms with van der Waals surface area (Å²) in [5.74, 6) is -5.42. The zero-order valence-electron chi connectivity index (χ0n) is 19.5. The van der Waals surface area contributed by atoms with Crippen molar-refractivity contribution in [2.24, 2.45) is 5.41 Å². The Balaban J connectivity index is 1.45. The van der Waals surface area contributed by atoms with Crippen LogP contribution in [0.25, 0.3) is 0 Å². The van der Waals surface area contributed by atoms with E-state index >= 15 is 0 Å². The summed E-state index contributed by atoms with van der Waals surface area (Å²) >= 11 is 0. The molecule has 35 heavy (non-hydrogen) atoms. The molecule has 0 aromatic heterocycles. The van der Waals surface area contributed by atoms with Crippen LogP contribution in [0.5, 0.6) is 5.75 Å². The molecule has 0 spiro atoms. The van der Waals surface area contributed by atoms with Crippen molar-refractivity contribution in [1.82, 2.24) is 9.62 Å². The lowest BCUT2D eigenvalue weighted by Crippen LogP contribution is -2.49.